The molecule has 0 spiro atoms. The third-order valence-electron chi connectivity index (χ3n) is 4.59. The molecule has 0 aliphatic carbocycles. The summed E-state index contributed by atoms with van der Waals surface area (Å²) in [5, 5.41) is 12.1. The number of anilines is 2. The van der Waals surface area contributed by atoms with Gasteiger partial charge in [-0.15, -0.1) is 10.2 Å². The number of hydrogen-bond donors (Lipinski definition) is 1. The van der Waals surface area contributed by atoms with E-state index >= 15 is 0 Å². The van der Waals surface area contributed by atoms with Crippen molar-refractivity contribution in [2.75, 3.05) is 35.7 Å². The third-order valence-corrected chi connectivity index (χ3v) is 5.51. The zero-order valence-corrected chi connectivity index (χ0v) is 17.4. The van der Waals surface area contributed by atoms with Gasteiger partial charge in [0.1, 0.15) is 5.03 Å². The van der Waals surface area contributed by atoms with Gasteiger partial charge in [-0.05, 0) is 56.2 Å². The van der Waals surface area contributed by atoms with Crippen LogP contribution in [-0.2, 0) is 9.53 Å². The van der Waals surface area contributed by atoms with Crippen molar-refractivity contribution in [1.82, 2.24) is 10.2 Å². The van der Waals surface area contributed by atoms with Gasteiger partial charge >= 0.3 is 5.97 Å². The number of carbonyl (C=O) groups excluding carboxylic acids is 2. The number of ether oxygens (including phenoxy) is 1. The average Bonchev–Trinajstić information content (AvgIpc) is 3.03. The van der Waals surface area contributed by atoms with Crippen LogP contribution in [0.1, 0.15) is 43.0 Å². The Hall–Kier alpha value is -2.61. The van der Waals surface area contributed by atoms with Gasteiger partial charge in [-0.25, -0.2) is 4.79 Å². The van der Waals surface area contributed by atoms with Gasteiger partial charge in [0.2, 0.25) is 5.91 Å². The molecule has 8 heteroatoms. The Labute approximate surface area is 175 Å². The molecule has 0 unspecified atom stereocenters. The second-order valence-electron chi connectivity index (χ2n) is 6.77. The van der Waals surface area contributed by atoms with E-state index in [1.807, 2.05) is 12.1 Å². The summed E-state index contributed by atoms with van der Waals surface area (Å²) in [7, 11) is 0. The molecule has 29 heavy (non-hydrogen) atoms. The number of rotatable bonds is 7. The van der Waals surface area contributed by atoms with Gasteiger partial charge in [0, 0.05) is 18.8 Å². The smallest absolute Gasteiger partial charge is 0.338 e. The van der Waals surface area contributed by atoms with Crippen LogP contribution in [0.15, 0.2) is 41.4 Å². The Balaban J connectivity index is 1.47. The summed E-state index contributed by atoms with van der Waals surface area (Å²) in [6, 6.07) is 10.5. The lowest BCUT2D eigenvalue weighted by molar-refractivity contribution is -0.113. The Morgan fingerprint density at radius 2 is 1.76 bits per heavy atom. The van der Waals surface area contributed by atoms with Gasteiger partial charge in [-0.3, -0.25) is 4.79 Å². The molecule has 154 valence electrons. The molecule has 0 radical (unpaired) electrons. The van der Waals surface area contributed by atoms with E-state index in [0.717, 1.165) is 23.9 Å². The predicted molar refractivity (Wildman–Crippen MR) is 114 cm³/mol. The summed E-state index contributed by atoms with van der Waals surface area (Å²) in [6.45, 7) is 4.14. The number of aromatic nitrogens is 2. The molecule has 2 aromatic rings. The molecule has 1 aliphatic rings. The van der Waals surface area contributed by atoms with E-state index in [9.17, 15) is 9.59 Å². The Morgan fingerprint density at radius 1 is 1.03 bits per heavy atom. The topological polar surface area (TPSA) is 84.4 Å². The maximum atomic E-state index is 12.2. The van der Waals surface area contributed by atoms with Crippen molar-refractivity contribution in [2.45, 2.75) is 37.6 Å². The quantitative estimate of drug-likeness (QED) is 0.545. The number of nitrogens with zero attached hydrogens (tertiary/aromatic N) is 3. The number of thioether (sulfide) groups is 1. The fourth-order valence-corrected chi connectivity index (χ4v) is 3.71. The Kier molecular flexibility index (Phi) is 7.86. The molecule has 1 fully saturated rings. The summed E-state index contributed by atoms with van der Waals surface area (Å²) in [5.41, 5.74) is 1.09. The molecule has 0 atom stereocenters. The van der Waals surface area contributed by atoms with Crippen molar-refractivity contribution in [2.24, 2.45) is 0 Å². The molecule has 0 saturated carbocycles. The van der Waals surface area contributed by atoms with Crippen molar-refractivity contribution in [1.29, 1.82) is 0 Å². The fraction of sp³-hybridized carbons (Fsp3) is 0.429. The van der Waals surface area contributed by atoms with E-state index in [-0.39, 0.29) is 17.6 Å². The lowest BCUT2D eigenvalue weighted by atomic mass is 10.2. The molecule has 1 amide bonds. The average molecular weight is 415 g/mol. The van der Waals surface area contributed by atoms with Crippen LogP contribution in [0.3, 0.4) is 0 Å². The molecule has 1 aliphatic heterocycles. The normalized spacial score (nSPS) is 14.2. The summed E-state index contributed by atoms with van der Waals surface area (Å²) < 4.78 is 4.94. The number of nitrogens with one attached hydrogen (secondary N) is 1. The number of hydrogen-bond acceptors (Lipinski definition) is 7. The first-order chi connectivity index (χ1) is 14.2. The van der Waals surface area contributed by atoms with Gasteiger partial charge in [-0.2, -0.15) is 0 Å². The Morgan fingerprint density at radius 3 is 2.38 bits per heavy atom. The number of carbonyl (C=O) groups is 2. The van der Waals surface area contributed by atoms with Gasteiger partial charge in [0.15, 0.2) is 5.82 Å². The van der Waals surface area contributed by atoms with Crippen molar-refractivity contribution < 1.29 is 14.3 Å². The fourth-order valence-electron chi connectivity index (χ4n) is 3.10. The monoisotopic (exact) mass is 414 g/mol. The van der Waals surface area contributed by atoms with Crippen molar-refractivity contribution >= 4 is 35.1 Å². The van der Waals surface area contributed by atoms with Crippen LogP contribution >= 0.6 is 11.8 Å². The standard InChI is InChI=1S/C21H26N4O3S/c1-2-28-21(27)16-7-9-17(10-8-16)22-19(26)15-29-20-12-11-18(23-24-20)25-13-5-3-4-6-14-25/h7-12H,2-6,13-15H2,1H3,(H,22,26). The van der Waals surface area contributed by atoms with Crippen LogP contribution < -0.4 is 10.2 Å². The minimum absolute atomic E-state index is 0.141. The van der Waals surface area contributed by atoms with Crippen LogP contribution in [0, 0.1) is 0 Å². The molecular formula is C21H26N4O3S. The molecule has 7 nitrogen and oxygen atoms in total. The van der Waals surface area contributed by atoms with Crippen LogP contribution in [-0.4, -0.2) is 47.5 Å². The maximum Gasteiger partial charge on any atom is 0.338 e. The zero-order valence-electron chi connectivity index (χ0n) is 16.6. The highest BCUT2D eigenvalue weighted by Gasteiger charge is 2.12. The van der Waals surface area contributed by atoms with Crippen LogP contribution in [0.5, 0.6) is 0 Å². The van der Waals surface area contributed by atoms with E-state index in [1.165, 1.54) is 37.4 Å². The number of benzene rings is 1. The molecule has 1 saturated heterocycles. The molecular weight excluding hydrogens is 388 g/mol. The molecule has 1 N–H and O–H groups in total. The predicted octanol–water partition coefficient (Wildman–Crippen LogP) is 3.76. The van der Waals surface area contributed by atoms with Gasteiger partial charge in [-0.1, -0.05) is 24.6 Å². The minimum Gasteiger partial charge on any atom is -0.462 e. The highest BCUT2D eigenvalue weighted by atomic mass is 32.2. The third kappa shape index (κ3) is 6.45. The molecule has 0 bridgehead atoms. The van der Waals surface area contributed by atoms with Crippen molar-refractivity contribution in [3.05, 3.63) is 42.0 Å². The highest BCUT2D eigenvalue weighted by Crippen LogP contribution is 2.20. The van der Waals surface area contributed by atoms with E-state index < -0.39 is 0 Å². The molecule has 1 aromatic heterocycles. The lowest BCUT2D eigenvalue weighted by Gasteiger charge is -2.20. The van der Waals surface area contributed by atoms with Gasteiger partial charge in [0.25, 0.3) is 0 Å². The molecule has 3 rings (SSSR count). The van der Waals surface area contributed by atoms with Crippen molar-refractivity contribution in [3.8, 4) is 0 Å². The maximum absolute atomic E-state index is 12.2. The molecule has 2 heterocycles. The summed E-state index contributed by atoms with van der Waals surface area (Å²) >= 11 is 1.34. The lowest BCUT2D eigenvalue weighted by Crippen LogP contribution is -2.25. The number of amides is 1. The Bertz CT molecular complexity index is 804. The van der Waals surface area contributed by atoms with E-state index in [2.05, 4.69) is 20.4 Å². The van der Waals surface area contributed by atoms with Crippen LogP contribution in [0.25, 0.3) is 0 Å². The van der Waals surface area contributed by atoms with Gasteiger partial charge < -0.3 is 15.0 Å². The van der Waals surface area contributed by atoms with E-state index in [4.69, 9.17) is 4.74 Å². The van der Waals surface area contributed by atoms with Gasteiger partial charge in [0.05, 0.1) is 17.9 Å². The first-order valence-corrected chi connectivity index (χ1v) is 10.9. The zero-order chi connectivity index (χ0) is 20.5. The summed E-state index contributed by atoms with van der Waals surface area (Å²) in [6.07, 6.45) is 4.94. The number of esters is 1. The molecule has 1 aromatic carbocycles. The van der Waals surface area contributed by atoms with E-state index in [1.54, 1.807) is 31.2 Å². The SMILES string of the molecule is CCOC(=O)c1ccc(NC(=O)CSc2ccc(N3CCCCCC3)nn2)cc1. The summed E-state index contributed by atoms with van der Waals surface area (Å²) in [5.74, 6) is 0.625. The minimum atomic E-state index is -0.372. The first kappa shape index (κ1) is 21.1. The second-order valence-corrected chi connectivity index (χ2v) is 7.76. The summed E-state index contributed by atoms with van der Waals surface area (Å²) in [4.78, 5) is 26.1. The largest absolute Gasteiger partial charge is 0.462 e. The van der Waals surface area contributed by atoms with Crippen LogP contribution in [0.4, 0.5) is 11.5 Å². The second kappa shape index (κ2) is 10.8. The van der Waals surface area contributed by atoms with E-state index in [0.29, 0.717) is 17.9 Å². The van der Waals surface area contributed by atoms with Crippen LogP contribution in [0.2, 0.25) is 0 Å². The highest BCUT2D eigenvalue weighted by molar-refractivity contribution is 7.99. The first-order valence-electron chi connectivity index (χ1n) is 9.94. The van der Waals surface area contributed by atoms with Crippen molar-refractivity contribution in [3.63, 3.8) is 0 Å².